The normalized spacial score (nSPS) is 16.9. The van der Waals surface area contributed by atoms with E-state index in [9.17, 15) is 13.2 Å². The van der Waals surface area contributed by atoms with Crippen LogP contribution in [0.25, 0.3) is 0 Å². The summed E-state index contributed by atoms with van der Waals surface area (Å²) < 4.78 is 25.6. The lowest BCUT2D eigenvalue weighted by atomic mass is 9.73. The van der Waals surface area contributed by atoms with Gasteiger partial charge in [0.15, 0.2) is 9.84 Å². The number of hydrogen-bond acceptors (Lipinski definition) is 3. The summed E-state index contributed by atoms with van der Waals surface area (Å²) in [6.07, 6.45) is 6.97. The van der Waals surface area contributed by atoms with Crippen molar-refractivity contribution in [2.45, 2.75) is 55.1 Å². The monoisotopic (exact) mass is 370 g/mol. The number of aryl methyl sites for hydroxylation is 2. The molecule has 4 rings (SSSR count). The fraction of sp³-hybridized carbons (Fsp3) is 0.381. The van der Waals surface area contributed by atoms with Crippen LogP contribution in [0.4, 0.5) is 0 Å². The van der Waals surface area contributed by atoms with Gasteiger partial charge in [-0.05, 0) is 91.0 Å². The molecular weight excluding hydrogens is 348 g/mol. The van der Waals surface area contributed by atoms with Gasteiger partial charge in [-0.1, -0.05) is 12.1 Å². The molecule has 0 unspecified atom stereocenters. The molecule has 136 valence electrons. The highest BCUT2D eigenvalue weighted by Crippen LogP contribution is 2.42. The van der Waals surface area contributed by atoms with Crippen molar-refractivity contribution in [1.82, 2.24) is 0 Å². The molecule has 0 spiro atoms. The maximum atomic E-state index is 12.8. The van der Waals surface area contributed by atoms with E-state index >= 15 is 0 Å². The van der Waals surface area contributed by atoms with Gasteiger partial charge in [0.2, 0.25) is 0 Å². The summed E-state index contributed by atoms with van der Waals surface area (Å²) in [5.74, 6) is -0.432. The van der Waals surface area contributed by atoms with Crippen LogP contribution in [0.1, 0.15) is 64.2 Å². The van der Waals surface area contributed by atoms with Gasteiger partial charge >= 0.3 is 5.97 Å². The predicted octanol–water partition coefficient (Wildman–Crippen LogP) is 4.11. The molecule has 0 radical (unpaired) electrons. The van der Waals surface area contributed by atoms with Gasteiger partial charge in [0, 0.05) is 0 Å². The second-order valence-corrected chi connectivity index (χ2v) is 9.39. The van der Waals surface area contributed by atoms with Crippen LogP contribution in [-0.4, -0.2) is 19.5 Å². The fourth-order valence-electron chi connectivity index (χ4n) is 4.49. The second kappa shape index (κ2) is 6.54. The van der Waals surface area contributed by atoms with Crippen LogP contribution in [0, 0.1) is 0 Å². The number of carbonyl (C=O) groups is 1. The molecule has 4 nitrogen and oxygen atoms in total. The average Bonchev–Trinajstić information content (AvgIpc) is 2.62. The highest BCUT2D eigenvalue weighted by molar-refractivity contribution is 7.90. The Labute approximate surface area is 153 Å². The third-order valence-electron chi connectivity index (χ3n) is 5.63. The summed E-state index contributed by atoms with van der Waals surface area (Å²) in [5, 5.41) is 8.96. The van der Waals surface area contributed by atoms with Gasteiger partial charge in [-0.2, -0.15) is 0 Å². The summed E-state index contributed by atoms with van der Waals surface area (Å²) in [4.78, 5) is 11.1. The molecule has 0 amide bonds. The molecule has 26 heavy (non-hydrogen) atoms. The van der Waals surface area contributed by atoms with Crippen molar-refractivity contribution in [3.8, 4) is 0 Å². The van der Waals surface area contributed by atoms with E-state index in [1.54, 1.807) is 0 Å². The Balaban J connectivity index is 1.65. The number of carboxylic acid groups (broad SMARTS) is 1. The number of aromatic carboxylic acids is 1. The van der Waals surface area contributed by atoms with Crippen molar-refractivity contribution >= 4 is 15.8 Å². The highest BCUT2D eigenvalue weighted by atomic mass is 32.2. The topological polar surface area (TPSA) is 71.4 Å². The van der Waals surface area contributed by atoms with Gasteiger partial charge in [0.05, 0.1) is 16.2 Å². The van der Waals surface area contributed by atoms with E-state index in [-0.39, 0.29) is 16.2 Å². The van der Waals surface area contributed by atoms with Crippen LogP contribution in [-0.2, 0) is 28.4 Å². The third kappa shape index (κ3) is 3.16. The van der Waals surface area contributed by atoms with Crippen LogP contribution in [0.3, 0.4) is 0 Å². The minimum absolute atomic E-state index is 0.0373. The van der Waals surface area contributed by atoms with Gasteiger partial charge in [-0.3, -0.25) is 0 Å². The lowest BCUT2D eigenvalue weighted by Gasteiger charge is -2.32. The quantitative estimate of drug-likeness (QED) is 0.879. The molecule has 2 aliphatic carbocycles. The molecule has 0 saturated carbocycles. The zero-order chi connectivity index (χ0) is 18.3. The van der Waals surface area contributed by atoms with Gasteiger partial charge in [-0.25, -0.2) is 13.2 Å². The molecular formula is C21H22O4S. The molecule has 2 aromatic rings. The molecule has 2 aliphatic rings. The number of rotatable bonds is 4. The standard InChI is InChI=1S/C21H22O4S/c22-21(23)16-7-9-19(10-8-16)26(24,25)13-14-11-17-5-1-3-15-4-2-6-18(12-14)20(15)17/h7-12,15H,1-6,13H2,(H,22,23). The maximum absolute atomic E-state index is 12.8. The Hall–Kier alpha value is -2.14. The third-order valence-corrected chi connectivity index (χ3v) is 7.34. The zero-order valence-corrected chi connectivity index (χ0v) is 15.4. The summed E-state index contributed by atoms with van der Waals surface area (Å²) in [6.45, 7) is 0. The largest absolute Gasteiger partial charge is 0.478 e. The van der Waals surface area contributed by atoms with Gasteiger partial charge in [0.1, 0.15) is 0 Å². The number of carboxylic acids is 1. The number of sulfone groups is 1. The highest BCUT2D eigenvalue weighted by Gasteiger charge is 2.27. The van der Waals surface area contributed by atoms with Crippen LogP contribution >= 0.6 is 0 Å². The molecule has 0 aliphatic heterocycles. The average molecular weight is 370 g/mol. The molecule has 0 atom stereocenters. The van der Waals surface area contributed by atoms with E-state index in [1.807, 2.05) is 0 Å². The molecule has 0 bridgehead atoms. The summed E-state index contributed by atoms with van der Waals surface area (Å²) in [5.41, 5.74) is 5.11. The molecule has 1 N–H and O–H groups in total. The summed E-state index contributed by atoms with van der Waals surface area (Å²) >= 11 is 0. The predicted molar refractivity (Wildman–Crippen MR) is 99.4 cm³/mol. The van der Waals surface area contributed by atoms with E-state index in [2.05, 4.69) is 12.1 Å². The Kier molecular flexibility index (Phi) is 4.35. The van der Waals surface area contributed by atoms with Crippen molar-refractivity contribution in [3.05, 3.63) is 64.2 Å². The molecule has 0 fully saturated rings. The van der Waals surface area contributed by atoms with Crippen LogP contribution in [0.15, 0.2) is 41.3 Å². The number of hydrogen-bond donors (Lipinski definition) is 1. The SMILES string of the molecule is O=C(O)c1ccc(S(=O)(=O)Cc2cc3c4c(c2)CCCC4CCC3)cc1. The van der Waals surface area contributed by atoms with E-state index in [4.69, 9.17) is 5.11 Å². The Morgan fingerprint density at radius 2 is 1.58 bits per heavy atom. The molecule has 0 heterocycles. The first-order chi connectivity index (χ1) is 12.4. The van der Waals surface area contributed by atoms with Crippen molar-refractivity contribution in [2.24, 2.45) is 0 Å². The van der Waals surface area contributed by atoms with Crippen LogP contribution in [0.2, 0.25) is 0 Å². The number of benzene rings is 2. The first-order valence-corrected chi connectivity index (χ1v) is 10.8. The van der Waals surface area contributed by atoms with Gasteiger partial charge in [-0.15, -0.1) is 0 Å². The van der Waals surface area contributed by atoms with E-state index in [1.165, 1.54) is 66.6 Å². The molecule has 2 aromatic carbocycles. The molecule has 5 heteroatoms. The Morgan fingerprint density at radius 1 is 1.00 bits per heavy atom. The van der Waals surface area contributed by atoms with E-state index in [0.29, 0.717) is 5.92 Å². The van der Waals surface area contributed by atoms with Crippen LogP contribution < -0.4 is 0 Å². The maximum Gasteiger partial charge on any atom is 0.335 e. The van der Waals surface area contributed by atoms with Crippen molar-refractivity contribution in [1.29, 1.82) is 0 Å². The lowest BCUT2D eigenvalue weighted by Crippen LogP contribution is -2.18. The molecule has 0 saturated heterocycles. The zero-order valence-electron chi connectivity index (χ0n) is 14.6. The van der Waals surface area contributed by atoms with Gasteiger partial charge in [0.25, 0.3) is 0 Å². The van der Waals surface area contributed by atoms with Crippen molar-refractivity contribution < 1.29 is 18.3 Å². The second-order valence-electron chi connectivity index (χ2n) is 7.40. The minimum Gasteiger partial charge on any atom is -0.478 e. The molecule has 0 aromatic heterocycles. The lowest BCUT2D eigenvalue weighted by molar-refractivity contribution is 0.0696. The van der Waals surface area contributed by atoms with Crippen molar-refractivity contribution in [2.75, 3.05) is 0 Å². The van der Waals surface area contributed by atoms with Crippen LogP contribution in [0.5, 0.6) is 0 Å². The Bertz CT molecular complexity index is 927. The Morgan fingerprint density at radius 3 is 2.12 bits per heavy atom. The van der Waals surface area contributed by atoms with E-state index < -0.39 is 15.8 Å². The van der Waals surface area contributed by atoms with Crippen molar-refractivity contribution in [3.63, 3.8) is 0 Å². The first kappa shape index (κ1) is 17.3. The first-order valence-electron chi connectivity index (χ1n) is 9.15. The summed E-state index contributed by atoms with van der Waals surface area (Å²) in [6, 6.07) is 9.63. The smallest absolute Gasteiger partial charge is 0.335 e. The summed E-state index contributed by atoms with van der Waals surface area (Å²) in [7, 11) is -3.50. The minimum atomic E-state index is -3.50. The fourth-order valence-corrected chi connectivity index (χ4v) is 5.81. The van der Waals surface area contributed by atoms with Gasteiger partial charge < -0.3 is 5.11 Å². The van der Waals surface area contributed by atoms with E-state index in [0.717, 1.165) is 18.4 Å².